The zero-order chi connectivity index (χ0) is 14.9. The maximum absolute atomic E-state index is 10.7. The molecule has 0 amide bonds. The lowest BCUT2D eigenvalue weighted by molar-refractivity contribution is 0.00894. The number of nitrogens with zero attached hydrogens (tertiary/aromatic N) is 1. The summed E-state index contributed by atoms with van der Waals surface area (Å²) in [6, 6.07) is 5.77. The molecule has 2 nitrogen and oxygen atoms in total. The standard InChI is InChI=1S/C16H23Cl2NO/c1-11-6-7-16(10-19(2)3,15(20)8-11)12-4-5-13(17)14(18)9-12/h4-5,9,11,15,20H,6-8,10H2,1-3H3. The molecule has 0 saturated heterocycles. The third kappa shape index (κ3) is 3.14. The lowest BCUT2D eigenvalue weighted by Gasteiger charge is -2.45. The molecule has 0 aliphatic heterocycles. The van der Waals surface area contributed by atoms with E-state index in [4.69, 9.17) is 23.2 Å². The monoisotopic (exact) mass is 315 g/mol. The zero-order valence-electron chi connectivity index (χ0n) is 12.4. The molecule has 1 aliphatic rings. The number of hydrogen-bond donors (Lipinski definition) is 1. The molecule has 1 aromatic carbocycles. The Morgan fingerprint density at radius 1 is 1.30 bits per heavy atom. The van der Waals surface area contributed by atoms with Crippen molar-refractivity contribution in [3.05, 3.63) is 33.8 Å². The van der Waals surface area contributed by atoms with Gasteiger partial charge in [-0.3, -0.25) is 0 Å². The smallest absolute Gasteiger partial charge is 0.0651 e. The SMILES string of the molecule is CC1CCC(CN(C)C)(c2ccc(Cl)c(Cl)c2)C(O)C1. The van der Waals surface area contributed by atoms with Gasteiger partial charge < -0.3 is 10.0 Å². The lowest BCUT2D eigenvalue weighted by atomic mass is 9.64. The first-order valence-corrected chi connectivity index (χ1v) is 7.89. The van der Waals surface area contributed by atoms with Crippen molar-refractivity contribution in [2.75, 3.05) is 20.6 Å². The minimum absolute atomic E-state index is 0.246. The van der Waals surface area contributed by atoms with Crippen LogP contribution in [0.3, 0.4) is 0 Å². The maximum Gasteiger partial charge on any atom is 0.0651 e. The van der Waals surface area contributed by atoms with Gasteiger partial charge in [0.2, 0.25) is 0 Å². The topological polar surface area (TPSA) is 23.5 Å². The first kappa shape index (κ1) is 16.1. The van der Waals surface area contributed by atoms with Crippen LogP contribution < -0.4 is 0 Å². The van der Waals surface area contributed by atoms with Gasteiger partial charge in [0.05, 0.1) is 16.1 Å². The van der Waals surface area contributed by atoms with E-state index in [9.17, 15) is 5.11 Å². The first-order valence-electron chi connectivity index (χ1n) is 7.13. The molecule has 20 heavy (non-hydrogen) atoms. The van der Waals surface area contributed by atoms with Gasteiger partial charge in [-0.2, -0.15) is 0 Å². The Kier molecular flexibility index (Phi) is 5.01. The van der Waals surface area contributed by atoms with Crippen LogP contribution in [0.15, 0.2) is 18.2 Å². The van der Waals surface area contributed by atoms with Crippen LogP contribution >= 0.6 is 23.2 Å². The van der Waals surface area contributed by atoms with Gasteiger partial charge in [0, 0.05) is 12.0 Å². The molecule has 0 heterocycles. The van der Waals surface area contributed by atoms with Crippen molar-refractivity contribution in [1.29, 1.82) is 0 Å². The van der Waals surface area contributed by atoms with Crippen molar-refractivity contribution < 1.29 is 5.11 Å². The van der Waals surface area contributed by atoms with Crippen LogP contribution in [0.25, 0.3) is 0 Å². The van der Waals surface area contributed by atoms with Crippen molar-refractivity contribution in [1.82, 2.24) is 4.90 Å². The van der Waals surface area contributed by atoms with E-state index in [1.165, 1.54) is 0 Å². The molecule has 2 rings (SSSR count). The fourth-order valence-corrected chi connectivity index (χ4v) is 3.68. The van der Waals surface area contributed by atoms with Crippen molar-refractivity contribution in [3.63, 3.8) is 0 Å². The Hall–Kier alpha value is -0.280. The Bertz CT molecular complexity index is 478. The largest absolute Gasteiger partial charge is 0.392 e. The molecule has 1 aromatic rings. The first-order chi connectivity index (χ1) is 9.35. The maximum atomic E-state index is 10.7. The number of halogens is 2. The zero-order valence-corrected chi connectivity index (χ0v) is 13.9. The van der Waals surface area contributed by atoms with Crippen LogP contribution in [-0.2, 0) is 5.41 Å². The number of aliphatic hydroxyl groups excluding tert-OH is 1. The van der Waals surface area contributed by atoms with Crippen molar-refractivity contribution >= 4 is 23.2 Å². The van der Waals surface area contributed by atoms with E-state index in [-0.39, 0.29) is 11.5 Å². The van der Waals surface area contributed by atoms with Gasteiger partial charge in [-0.05, 0) is 57.0 Å². The molecular formula is C16H23Cl2NO. The van der Waals surface area contributed by atoms with Crippen LogP contribution in [0.1, 0.15) is 31.7 Å². The molecule has 1 N–H and O–H groups in total. The summed E-state index contributed by atoms with van der Waals surface area (Å²) in [5.41, 5.74) is 0.851. The Labute approximate surface area is 131 Å². The highest BCUT2D eigenvalue weighted by atomic mass is 35.5. The third-order valence-electron chi connectivity index (χ3n) is 4.44. The van der Waals surface area contributed by atoms with Crippen molar-refractivity contribution in [2.24, 2.45) is 5.92 Å². The summed E-state index contributed by atoms with van der Waals surface area (Å²) >= 11 is 12.2. The van der Waals surface area contributed by atoms with Crippen molar-refractivity contribution in [3.8, 4) is 0 Å². The van der Waals surface area contributed by atoms with Crippen molar-refractivity contribution in [2.45, 2.75) is 37.7 Å². The summed E-state index contributed by atoms with van der Waals surface area (Å²) in [4.78, 5) is 2.14. The van der Waals surface area contributed by atoms with E-state index >= 15 is 0 Å². The number of hydrogen-bond acceptors (Lipinski definition) is 2. The quantitative estimate of drug-likeness (QED) is 0.912. The second-order valence-corrected chi connectivity index (χ2v) is 7.23. The molecule has 1 aliphatic carbocycles. The second kappa shape index (κ2) is 6.23. The van der Waals surface area contributed by atoms with Gasteiger partial charge in [-0.15, -0.1) is 0 Å². The van der Waals surface area contributed by atoms with Gasteiger partial charge in [0.25, 0.3) is 0 Å². The molecule has 0 aromatic heterocycles. The van der Waals surface area contributed by atoms with Crippen LogP contribution in [0.5, 0.6) is 0 Å². The molecule has 1 fully saturated rings. The highest BCUT2D eigenvalue weighted by Crippen LogP contribution is 2.43. The normalized spacial score (nSPS) is 30.8. The van der Waals surface area contributed by atoms with E-state index in [1.54, 1.807) is 0 Å². The predicted molar refractivity (Wildman–Crippen MR) is 85.7 cm³/mol. The van der Waals surface area contributed by atoms with E-state index < -0.39 is 0 Å². The average Bonchev–Trinajstić information content (AvgIpc) is 2.36. The van der Waals surface area contributed by atoms with Crippen LogP contribution in [-0.4, -0.2) is 36.8 Å². The molecule has 3 atom stereocenters. The Morgan fingerprint density at radius 3 is 2.55 bits per heavy atom. The summed E-state index contributed by atoms with van der Waals surface area (Å²) in [5.74, 6) is 0.572. The molecular weight excluding hydrogens is 293 g/mol. The lowest BCUT2D eigenvalue weighted by Crippen LogP contribution is -2.50. The Balaban J connectivity index is 2.43. The average molecular weight is 316 g/mol. The van der Waals surface area contributed by atoms with Crippen LogP contribution in [0.4, 0.5) is 0 Å². The molecule has 0 spiro atoms. The van der Waals surface area contributed by atoms with E-state index in [0.717, 1.165) is 31.4 Å². The third-order valence-corrected chi connectivity index (χ3v) is 5.18. The number of rotatable bonds is 3. The highest BCUT2D eigenvalue weighted by Gasteiger charge is 2.43. The summed E-state index contributed by atoms with van der Waals surface area (Å²) < 4.78 is 0. The second-order valence-electron chi connectivity index (χ2n) is 6.42. The molecule has 0 bridgehead atoms. The van der Waals surface area contributed by atoms with E-state index in [1.807, 2.05) is 32.3 Å². The van der Waals surface area contributed by atoms with Gasteiger partial charge in [0.15, 0.2) is 0 Å². The van der Waals surface area contributed by atoms with Gasteiger partial charge in [-0.25, -0.2) is 0 Å². The number of likely N-dealkylation sites (N-methyl/N-ethyl adjacent to an activating group) is 1. The molecule has 112 valence electrons. The number of aliphatic hydroxyl groups is 1. The van der Waals surface area contributed by atoms with Gasteiger partial charge >= 0.3 is 0 Å². The number of benzene rings is 1. The van der Waals surface area contributed by atoms with E-state index in [2.05, 4.69) is 11.8 Å². The van der Waals surface area contributed by atoms with Gasteiger partial charge in [0.1, 0.15) is 0 Å². The van der Waals surface area contributed by atoms with E-state index in [0.29, 0.717) is 16.0 Å². The molecule has 3 unspecified atom stereocenters. The minimum Gasteiger partial charge on any atom is -0.392 e. The fraction of sp³-hybridized carbons (Fsp3) is 0.625. The summed E-state index contributed by atoms with van der Waals surface area (Å²) in [6.07, 6.45) is 2.61. The minimum atomic E-state index is -0.342. The predicted octanol–water partition coefficient (Wildman–Crippen LogP) is 3.97. The summed E-state index contributed by atoms with van der Waals surface area (Å²) in [7, 11) is 4.09. The molecule has 0 radical (unpaired) electrons. The molecule has 1 saturated carbocycles. The van der Waals surface area contributed by atoms with Gasteiger partial charge in [-0.1, -0.05) is 36.2 Å². The highest BCUT2D eigenvalue weighted by molar-refractivity contribution is 6.42. The molecule has 4 heteroatoms. The van der Waals surface area contributed by atoms with Crippen LogP contribution in [0, 0.1) is 5.92 Å². The van der Waals surface area contributed by atoms with Crippen LogP contribution in [0.2, 0.25) is 10.0 Å². The Morgan fingerprint density at radius 2 is 2.00 bits per heavy atom. The fourth-order valence-electron chi connectivity index (χ4n) is 3.38. The summed E-state index contributed by atoms with van der Waals surface area (Å²) in [5, 5.41) is 11.9. The summed E-state index contributed by atoms with van der Waals surface area (Å²) in [6.45, 7) is 3.02.